The number of anilines is 2. The molecule has 1 saturated carbocycles. The van der Waals surface area contributed by atoms with Crippen LogP contribution in [0.25, 0.3) is 5.52 Å². The Kier molecular flexibility index (Phi) is 6.04. The van der Waals surface area contributed by atoms with Crippen molar-refractivity contribution in [2.24, 2.45) is 0 Å². The van der Waals surface area contributed by atoms with Gasteiger partial charge in [0.2, 0.25) is 0 Å². The predicted octanol–water partition coefficient (Wildman–Crippen LogP) is 3.53. The summed E-state index contributed by atoms with van der Waals surface area (Å²) in [5, 5.41) is 17.9. The Labute approximate surface area is 192 Å². The number of hydrogen-bond acceptors (Lipinski definition) is 8. The predicted molar refractivity (Wildman–Crippen MR) is 125 cm³/mol. The maximum atomic E-state index is 12.0. The van der Waals surface area contributed by atoms with E-state index < -0.39 is 9.73 Å². The Hall–Kier alpha value is -3.15. The lowest BCUT2D eigenvalue weighted by molar-refractivity contribution is 0.0936. The van der Waals surface area contributed by atoms with Crippen LogP contribution >= 0.6 is 0 Å². The monoisotopic (exact) mass is 474 g/mol. The van der Waals surface area contributed by atoms with Crippen molar-refractivity contribution in [3.8, 4) is 0 Å². The number of carbonyl (C=O) groups is 1. The molecule has 3 heterocycles. The number of nitrogens with zero attached hydrogens (tertiary/aromatic N) is 4. The minimum atomic E-state index is -2.69. The largest absolute Gasteiger partial charge is 0.446 e. The molecule has 0 aliphatic heterocycles. The minimum Gasteiger partial charge on any atom is -0.446 e. The second-order valence-corrected chi connectivity index (χ2v) is 11.9. The van der Waals surface area contributed by atoms with Crippen LogP contribution in [0.15, 0.2) is 24.5 Å². The van der Waals surface area contributed by atoms with E-state index in [0.29, 0.717) is 22.8 Å². The van der Waals surface area contributed by atoms with E-state index in [2.05, 4.69) is 30.9 Å². The fourth-order valence-electron chi connectivity index (χ4n) is 3.97. The van der Waals surface area contributed by atoms with Crippen LogP contribution in [0, 0.1) is 4.78 Å². The zero-order valence-electron chi connectivity index (χ0n) is 19.2. The number of hydrogen-bond donors (Lipinski definition) is 4. The maximum absolute atomic E-state index is 12.0. The van der Waals surface area contributed by atoms with Crippen molar-refractivity contribution in [2.75, 3.05) is 11.6 Å². The lowest BCUT2D eigenvalue weighted by atomic mass is 10.0. The van der Waals surface area contributed by atoms with Crippen molar-refractivity contribution >= 4 is 33.0 Å². The van der Waals surface area contributed by atoms with Crippen LogP contribution in [0.5, 0.6) is 0 Å². The number of H-pyrrole nitrogens is 1. The molecule has 1 aliphatic carbocycles. The molecule has 0 spiro atoms. The van der Waals surface area contributed by atoms with Gasteiger partial charge >= 0.3 is 6.09 Å². The van der Waals surface area contributed by atoms with Crippen LogP contribution < -0.4 is 10.6 Å². The third-order valence-corrected chi connectivity index (χ3v) is 6.13. The SMILES string of the molecule is CC(C)(C)NC(=O)O[C@@H]1CC[C@H](c2cc(Nc3nccn4nc(CS(C)(=N)=O)cc34)n[nH]2)C1. The normalized spacial score (nSPS) is 20.5. The third kappa shape index (κ3) is 6.01. The highest BCUT2D eigenvalue weighted by Gasteiger charge is 2.30. The summed E-state index contributed by atoms with van der Waals surface area (Å²) >= 11 is 0. The first-order chi connectivity index (χ1) is 15.4. The molecule has 0 radical (unpaired) electrons. The second kappa shape index (κ2) is 8.65. The van der Waals surface area contributed by atoms with Crippen molar-refractivity contribution in [2.45, 2.75) is 63.3 Å². The molecular formula is C21H30N8O3S. The summed E-state index contributed by atoms with van der Waals surface area (Å²) in [5.41, 5.74) is 1.92. The van der Waals surface area contributed by atoms with Gasteiger partial charge in [0.15, 0.2) is 11.6 Å². The van der Waals surface area contributed by atoms with E-state index in [-0.39, 0.29) is 29.4 Å². The first kappa shape index (κ1) is 23.0. The first-order valence-electron chi connectivity index (χ1n) is 10.8. The number of nitrogens with one attached hydrogen (secondary N) is 4. The highest BCUT2D eigenvalue weighted by molar-refractivity contribution is 7.90. The molecule has 178 valence electrons. The van der Waals surface area contributed by atoms with Gasteiger partial charge < -0.3 is 15.4 Å². The molecule has 1 amide bonds. The molecule has 3 aromatic rings. The summed E-state index contributed by atoms with van der Waals surface area (Å²) < 4.78 is 26.7. The van der Waals surface area contributed by atoms with Crippen LogP contribution in [0.4, 0.5) is 16.4 Å². The van der Waals surface area contributed by atoms with Gasteiger partial charge in [-0.25, -0.2) is 18.5 Å². The number of aromatic nitrogens is 5. The molecule has 11 nitrogen and oxygen atoms in total. The number of fused-ring (bicyclic) bond motifs is 1. The molecule has 3 aromatic heterocycles. The van der Waals surface area contributed by atoms with Crippen LogP contribution in [0.2, 0.25) is 0 Å². The minimum absolute atomic E-state index is 0.0827. The average Bonchev–Trinajstić information content (AvgIpc) is 3.38. The molecule has 33 heavy (non-hydrogen) atoms. The highest BCUT2D eigenvalue weighted by Crippen LogP contribution is 2.36. The lowest BCUT2D eigenvalue weighted by Crippen LogP contribution is -2.42. The van der Waals surface area contributed by atoms with E-state index >= 15 is 0 Å². The highest BCUT2D eigenvalue weighted by atomic mass is 32.2. The molecule has 1 aliphatic rings. The van der Waals surface area contributed by atoms with E-state index in [1.165, 1.54) is 6.26 Å². The van der Waals surface area contributed by atoms with Crippen LogP contribution in [0.3, 0.4) is 0 Å². The molecule has 3 atom stereocenters. The van der Waals surface area contributed by atoms with Crippen molar-refractivity contribution < 1.29 is 13.7 Å². The summed E-state index contributed by atoms with van der Waals surface area (Å²) in [4.78, 5) is 16.4. The number of amides is 1. The standard InChI is InChI=1S/C21H30N8O3S/c1-21(2,3)25-20(30)32-15-6-5-13(9-15)16-11-18(27-26-16)24-19-17-10-14(12-33(4,22)31)28-29(17)8-7-23-19/h7-8,10-11,13,15,22H,5-6,9,12H2,1-4H3,(H,25,30)(H2,23,24,26,27)/t13-,15+,33?/m0/s1. The summed E-state index contributed by atoms with van der Waals surface area (Å²) in [7, 11) is -2.69. The van der Waals surface area contributed by atoms with Gasteiger partial charge in [-0.15, -0.1) is 0 Å². The van der Waals surface area contributed by atoms with Gasteiger partial charge in [-0.05, 0) is 46.1 Å². The summed E-state index contributed by atoms with van der Waals surface area (Å²) in [6.45, 7) is 5.76. The van der Waals surface area contributed by atoms with E-state index in [9.17, 15) is 9.00 Å². The van der Waals surface area contributed by atoms with E-state index in [4.69, 9.17) is 9.52 Å². The number of alkyl carbamates (subject to hydrolysis) is 1. The van der Waals surface area contributed by atoms with Crippen molar-refractivity contribution in [3.63, 3.8) is 0 Å². The molecule has 0 saturated heterocycles. The molecular weight excluding hydrogens is 444 g/mol. The fraction of sp³-hybridized carbons (Fsp3) is 0.524. The Morgan fingerprint density at radius 3 is 2.88 bits per heavy atom. The number of aromatic amines is 1. The fourth-order valence-corrected chi connectivity index (χ4v) is 4.67. The van der Waals surface area contributed by atoms with Crippen molar-refractivity contribution in [3.05, 3.63) is 35.9 Å². The Balaban J connectivity index is 1.41. The molecule has 0 bridgehead atoms. The maximum Gasteiger partial charge on any atom is 0.407 e. The van der Waals surface area contributed by atoms with Gasteiger partial charge in [0.05, 0.1) is 11.4 Å². The second-order valence-electron chi connectivity index (χ2n) is 9.64. The molecule has 1 unspecified atom stereocenters. The van der Waals surface area contributed by atoms with Gasteiger partial charge in [-0.3, -0.25) is 9.88 Å². The van der Waals surface area contributed by atoms with Gasteiger partial charge in [-0.2, -0.15) is 10.2 Å². The summed E-state index contributed by atoms with van der Waals surface area (Å²) in [6, 6.07) is 3.72. The van der Waals surface area contributed by atoms with E-state index in [1.807, 2.05) is 26.8 Å². The van der Waals surface area contributed by atoms with Gasteiger partial charge in [0.25, 0.3) is 0 Å². The molecule has 1 fully saturated rings. The van der Waals surface area contributed by atoms with Crippen LogP contribution in [0.1, 0.15) is 57.3 Å². The Morgan fingerprint density at radius 1 is 1.36 bits per heavy atom. The summed E-state index contributed by atoms with van der Waals surface area (Å²) in [5.74, 6) is 1.48. The van der Waals surface area contributed by atoms with Gasteiger partial charge in [0, 0.05) is 51.6 Å². The van der Waals surface area contributed by atoms with E-state index in [0.717, 1.165) is 25.0 Å². The lowest BCUT2D eigenvalue weighted by Gasteiger charge is -2.22. The number of carbonyl (C=O) groups excluding carboxylic acids is 1. The Morgan fingerprint density at radius 2 is 2.15 bits per heavy atom. The molecule has 12 heteroatoms. The summed E-state index contributed by atoms with van der Waals surface area (Å²) in [6.07, 6.45) is 6.66. The van der Waals surface area contributed by atoms with Crippen LogP contribution in [-0.2, 0) is 20.2 Å². The molecule has 4 rings (SSSR count). The van der Waals surface area contributed by atoms with Crippen molar-refractivity contribution in [1.82, 2.24) is 30.1 Å². The zero-order chi connectivity index (χ0) is 23.8. The molecule has 0 aromatic carbocycles. The first-order valence-corrected chi connectivity index (χ1v) is 12.9. The number of ether oxygens (including phenoxy) is 1. The smallest absolute Gasteiger partial charge is 0.407 e. The zero-order valence-corrected chi connectivity index (χ0v) is 20.0. The van der Waals surface area contributed by atoms with Gasteiger partial charge in [0.1, 0.15) is 11.6 Å². The van der Waals surface area contributed by atoms with E-state index in [1.54, 1.807) is 23.0 Å². The quantitative estimate of drug-likeness (QED) is 0.427. The van der Waals surface area contributed by atoms with Gasteiger partial charge in [-0.1, -0.05) is 0 Å². The molecule has 4 N–H and O–H groups in total. The van der Waals surface area contributed by atoms with Crippen molar-refractivity contribution in [1.29, 1.82) is 4.78 Å². The topological polar surface area (TPSA) is 150 Å². The average molecular weight is 475 g/mol. The third-order valence-electron chi connectivity index (χ3n) is 5.28. The Bertz CT molecular complexity index is 1260. The number of rotatable bonds is 6. The van der Waals surface area contributed by atoms with Crippen LogP contribution in [-0.4, -0.2) is 53.0 Å².